The monoisotopic (exact) mass is 224 g/mol. The Morgan fingerprint density at radius 2 is 1.88 bits per heavy atom. The van der Waals surface area contributed by atoms with Crippen LogP contribution in [0.15, 0.2) is 23.0 Å². The molecule has 2 N–H and O–H groups in total. The van der Waals surface area contributed by atoms with E-state index >= 15 is 0 Å². The Labute approximate surface area is 96.5 Å². The smallest absolute Gasteiger partial charge is 0.223 e. The summed E-state index contributed by atoms with van der Waals surface area (Å²) >= 11 is 0. The molecule has 0 amide bonds. The van der Waals surface area contributed by atoms with Gasteiger partial charge in [0.25, 0.3) is 0 Å². The molecule has 3 nitrogen and oxygen atoms in total. The van der Waals surface area contributed by atoms with Gasteiger partial charge in [0.1, 0.15) is 0 Å². The largest absolute Gasteiger partial charge is 0.504 e. The lowest BCUT2D eigenvalue weighted by atomic mass is 9.89. The first-order chi connectivity index (χ1) is 7.36. The van der Waals surface area contributed by atoms with E-state index in [-0.39, 0.29) is 17.5 Å². The maximum atomic E-state index is 11.7. The molecule has 90 valence electrons. The molecule has 0 aromatic rings. The summed E-state index contributed by atoms with van der Waals surface area (Å²) in [6.45, 7) is 7.37. The molecule has 0 radical (unpaired) electrons. The molecule has 0 bridgehead atoms. The van der Waals surface area contributed by atoms with Crippen molar-refractivity contribution >= 4 is 5.78 Å². The molecule has 0 saturated heterocycles. The number of carbonyl (C=O) groups is 1. The molecular formula is C13H20O3. The number of Topliss-reactive ketones (excluding diaryl/α,β-unsaturated/α-hetero) is 1. The highest BCUT2D eigenvalue weighted by atomic mass is 16.3. The number of hydrogen-bond acceptors (Lipinski definition) is 3. The Hall–Kier alpha value is -1.09. The first-order valence-electron chi connectivity index (χ1n) is 5.75. The Morgan fingerprint density at radius 3 is 2.19 bits per heavy atom. The number of carbonyl (C=O) groups excluding carboxylic acids is 1. The first-order valence-corrected chi connectivity index (χ1v) is 5.75. The second-order valence-corrected chi connectivity index (χ2v) is 4.49. The van der Waals surface area contributed by atoms with Gasteiger partial charge in [-0.2, -0.15) is 0 Å². The van der Waals surface area contributed by atoms with Crippen molar-refractivity contribution in [2.75, 3.05) is 0 Å². The summed E-state index contributed by atoms with van der Waals surface area (Å²) in [5.41, 5.74) is 0.261. The van der Waals surface area contributed by atoms with Crippen LogP contribution in [0.25, 0.3) is 0 Å². The third-order valence-corrected chi connectivity index (χ3v) is 3.62. The normalized spacial score (nSPS) is 24.7. The zero-order valence-electron chi connectivity index (χ0n) is 10.4. The number of rotatable bonds is 3. The van der Waals surface area contributed by atoms with E-state index in [1.807, 2.05) is 20.8 Å². The zero-order valence-corrected chi connectivity index (χ0v) is 10.4. The number of aliphatic hydroxyl groups excluding tert-OH is 1. The quantitative estimate of drug-likeness (QED) is 0.724. The van der Waals surface area contributed by atoms with E-state index in [0.717, 1.165) is 0 Å². The fourth-order valence-corrected chi connectivity index (χ4v) is 1.88. The van der Waals surface area contributed by atoms with Crippen LogP contribution in [0.5, 0.6) is 0 Å². The molecular weight excluding hydrogens is 204 g/mol. The Balaban J connectivity index is 3.10. The first kappa shape index (κ1) is 13.0. The van der Waals surface area contributed by atoms with Gasteiger partial charge < -0.3 is 10.2 Å². The van der Waals surface area contributed by atoms with Crippen molar-refractivity contribution in [2.24, 2.45) is 5.92 Å². The lowest BCUT2D eigenvalue weighted by Gasteiger charge is -2.22. The summed E-state index contributed by atoms with van der Waals surface area (Å²) in [6, 6.07) is 0. The molecule has 0 aromatic heterocycles. The lowest BCUT2D eigenvalue weighted by molar-refractivity contribution is -0.114. The van der Waals surface area contributed by atoms with E-state index in [1.54, 1.807) is 13.0 Å². The van der Waals surface area contributed by atoms with Gasteiger partial charge in [0.15, 0.2) is 5.76 Å². The van der Waals surface area contributed by atoms with Gasteiger partial charge in [0, 0.05) is 11.5 Å². The van der Waals surface area contributed by atoms with Crippen LogP contribution in [0, 0.1) is 5.92 Å². The van der Waals surface area contributed by atoms with Crippen molar-refractivity contribution < 1.29 is 15.0 Å². The van der Waals surface area contributed by atoms with Crippen LogP contribution < -0.4 is 0 Å². The highest BCUT2D eigenvalue weighted by Gasteiger charge is 2.34. The summed E-state index contributed by atoms with van der Waals surface area (Å²) < 4.78 is 0. The number of aliphatic hydroxyl groups is 2. The van der Waals surface area contributed by atoms with E-state index in [9.17, 15) is 15.0 Å². The highest BCUT2D eigenvalue weighted by Crippen LogP contribution is 2.34. The van der Waals surface area contributed by atoms with Crippen molar-refractivity contribution in [1.82, 2.24) is 0 Å². The van der Waals surface area contributed by atoms with E-state index in [2.05, 4.69) is 0 Å². The van der Waals surface area contributed by atoms with Crippen molar-refractivity contribution in [3.8, 4) is 0 Å². The van der Waals surface area contributed by atoms with E-state index in [1.165, 1.54) is 0 Å². The Bertz CT molecular complexity index is 359. The van der Waals surface area contributed by atoms with Crippen molar-refractivity contribution in [3.63, 3.8) is 0 Å². The number of allylic oxidation sites excluding steroid dienone is 2. The number of hydrogen-bond donors (Lipinski definition) is 2. The van der Waals surface area contributed by atoms with Crippen molar-refractivity contribution in [1.29, 1.82) is 0 Å². The van der Waals surface area contributed by atoms with Gasteiger partial charge >= 0.3 is 0 Å². The molecule has 0 aromatic carbocycles. The minimum absolute atomic E-state index is 0.0999. The average Bonchev–Trinajstić information content (AvgIpc) is 2.46. The van der Waals surface area contributed by atoms with Crippen LogP contribution in [0.1, 0.15) is 40.5 Å². The molecule has 1 unspecified atom stereocenters. The van der Waals surface area contributed by atoms with E-state index in [4.69, 9.17) is 0 Å². The van der Waals surface area contributed by atoms with Crippen LogP contribution in [0.4, 0.5) is 0 Å². The van der Waals surface area contributed by atoms with Gasteiger partial charge in [-0.3, -0.25) is 4.79 Å². The molecule has 0 aliphatic heterocycles. The molecule has 1 rings (SSSR count). The SMILES string of the molecule is CCC(O)(/C=C1\C(=O)C(O)=C(C)C1C)CC. The molecule has 0 spiro atoms. The third kappa shape index (κ3) is 2.05. The minimum Gasteiger partial charge on any atom is -0.504 e. The van der Waals surface area contributed by atoms with Gasteiger partial charge in [0.05, 0.1) is 5.60 Å². The van der Waals surface area contributed by atoms with Gasteiger partial charge in [-0.15, -0.1) is 0 Å². The predicted molar refractivity (Wildman–Crippen MR) is 63.1 cm³/mol. The molecule has 3 heteroatoms. The third-order valence-electron chi connectivity index (χ3n) is 3.62. The molecule has 0 fully saturated rings. The highest BCUT2D eigenvalue weighted by molar-refractivity contribution is 6.10. The molecule has 0 heterocycles. The van der Waals surface area contributed by atoms with E-state index < -0.39 is 5.60 Å². The summed E-state index contributed by atoms with van der Waals surface area (Å²) in [5, 5.41) is 19.7. The van der Waals surface area contributed by atoms with Crippen LogP contribution >= 0.6 is 0 Å². The summed E-state index contributed by atoms with van der Waals surface area (Å²) in [4.78, 5) is 11.7. The topological polar surface area (TPSA) is 57.5 Å². The maximum Gasteiger partial charge on any atom is 0.223 e. The van der Waals surface area contributed by atoms with Gasteiger partial charge in [-0.1, -0.05) is 20.8 Å². The zero-order chi connectivity index (χ0) is 12.5. The molecule has 1 aliphatic rings. The van der Waals surface area contributed by atoms with Crippen LogP contribution in [0.2, 0.25) is 0 Å². The molecule has 1 atom stereocenters. The fraction of sp³-hybridized carbons (Fsp3) is 0.615. The molecule has 16 heavy (non-hydrogen) atoms. The van der Waals surface area contributed by atoms with Crippen molar-refractivity contribution in [3.05, 3.63) is 23.0 Å². The van der Waals surface area contributed by atoms with Gasteiger partial charge in [0.2, 0.25) is 5.78 Å². The second-order valence-electron chi connectivity index (χ2n) is 4.49. The average molecular weight is 224 g/mol. The molecule has 0 saturated carbocycles. The van der Waals surface area contributed by atoms with Crippen molar-refractivity contribution in [2.45, 2.75) is 46.1 Å². The summed E-state index contributed by atoms with van der Waals surface area (Å²) in [6.07, 6.45) is 2.74. The standard InChI is InChI=1S/C13H20O3/c1-5-13(16,6-2)7-10-8(3)9(4)11(14)12(10)15/h7-8,14,16H,5-6H2,1-4H3/b10-7-. The van der Waals surface area contributed by atoms with Crippen LogP contribution in [0.3, 0.4) is 0 Å². The van der Waals surface area contributed by atoms with Crippen LogP contribution in [-0.2, 0) is 4.79 Å². The van der Waals surface area contributed by atoms with Gasteiger partial charge in [-0.25, -0.2) is 0 Å². The van der Waals surface area contributed by atoms with Crippen LogP contribution in [-0.4, -0.2) is 21.6 Å². The minimum atomic E-state index is -0.940. The summed E-state index contributed by atoms with van der Waals surface area (Å²) in [5.74, 6) is -0.601. The predicted octanol–water partition coefficient (Wildman–Crippen LogP) is 2.51. The summed E-state index contributed by atoms with van der Waals surface area (Å²) in [7, 11) is 0. The maximum absolute atomic E-state index is 11.7. The number of ketones is 1. The molecule has 1 aliphatic carbocycles. The van der Waals surface area contributed by atoms with E-state index in [0.29, 0.717) is 24.0 Å². The van der Waals surface area contributed by atoms with Gasteiger partial charge in [-0.05, 0) is 31.4 Å². The second kappa shape index (κ2) is 4.42. The Kier molecular flexibility index (Phi) is 3.58. The fourth-order valence-electron chi connectivity index (χ4n) is 1.88. The lowest BCUT2D eigenvalue weighted by Crippen LogP contribution is -2.25. The Morgan fingerprint density at radius 1 is 1.38 bits per heavy atom.